The van der Waals surface area contributed by atoms with Crippen molar-refractivity contribution in [2.24, 2.45) is 5.92 Å². The summed E-state index contributed by atoms with van der Waals surface area (Å²) in [6, 6.07) is 19.3. The Morgan fingerprint density at radius 1 is 1.00 bits per heavy atom. The van der Waals surface area contributed by atoms with Crippen LogP contribution >= 0.6 is 0 Å². The molecule has 0 aromatic heterocycles. The van der Waals surface area contributed by atoms with Gasteiger partial charge in [0.25, 0.3) is 0 Å². The standard InChI is InChI=1S/C30H34N2O5S/c1-19-4-9-24(10-5-19)38(34,35)31(3)27-16-28-25-14-22(23-8-11-29-30(15-23)37-18-36-29)7-6-21(25)12-13-32(28)17-26(27)20(2)33/h4-11,14-15,20,26-28,33H,12-13,16-18H2,1-3H3/t20-,26-,27-,28-/m0/s1. The van der Waals surface area contributed by atoms with Crippen LogP contribution in [0.3, 0.4) is 0 Å². The highest BCUT2D eigenvalue weighted by molar-refractivity contribution is 7.89. The number of sulfonamides is 1. The maximum atomic E-state index is 13.7. The molecule has 3 aromatic rings. The van der Waals surface area contributed by atoms with Crippen LogP contribution < -0.4 is 9.47 Å². The number of aryl methyl sites for hydroxylation is 1. The van der Waals surface area contributed by atoms with Gasteiger partial charge in [-0.15, -0.1) is 0 Å². The van der Waals surface area contributed by atoms with Gasteiger partial charge in [-0.1, -0.05) is 35.9 Å². The highest BCUT2D eigenvalue weighted by Gasteiger charge is 2.45. The number of ether oxygens (including phenoxy) is 2. The van der Waals surface area contributed by atoms with Crippen LogP contribution in [0.15, 0.2) is 65.6 Å². The van der Waals surface area contributed by atoms with E-state index in [0.29, 0.717) is 13.0 Å². The van der Waals surface area contributed by atoms with Gasteiger partial charge in [0.15, 0.2) is 11.5 Å². The predicted molar refractivity (Wildman–Crippen MR) is 146 cm³/mol. The first kappa shape index (κ1) is 25.4. The number of nitrogens with zero attached hydrogens (tertiary/aromatic N) is 2. The van der Waals surface area contributed by atoms with Gasteiger partial charge in [-0.05, 0) is 79.3 Å². The molecule has 7 nitrogen and oxygen atoms in total. The quantitative estimate of drug-likeness (QED) is 0.524. The molecule has 38 heavy (non-hydrogen) atoms. The van der Waals surface area contributed by atoms with Crippen LogP contribution in [-0.2, 0) is 16.4 Å². The highest BCUT2D eigenvalue weighted by Crippen LogP contribution is 2.44. The fourth-order valence-electron chi connectivity index (χ4n) is 6.24. The fraction of sp³-hybridized carbons (Fsp3) is 0.400. The second kappa shape index (κ2) is 9.68. The van der Waals surface area contributed by atoms with E-state index in [2.05, 4.69) is 23.1 Å². The third-order valence-corrected chi connectivity index (χ3v) is 10.4. The average molecular weight is 535 g/mol. The Hall–Kier alpha value is -2.91. The Bertz CT molecular complexity index is 1450. The van der Waals surface area contributed by atoms with Crippen molar-refractivity contribution >= 4 is 10.0 Å². The minimum absolute atomic E-state index is 0.0726. The Kier molecular flexibility index (Phi) is 6.46. The maximum Gasteiger partial charge on any atom is 0.243 e. The van der Waals surface area contributed by atoms with Gasteiger partial charge in [0.05, 0.1) is 11.0 Å². The molecule has 3 aliphatic rings. The minimum atomic E-state index is -3.72. The summed E-state index contributed by atoms with van der Waals surface area (Å²) >= 11 is 0. The van der Waals surface area contributed by atoms with Gasteiger partial charge in [0.1, 0.15) is 0 Å². The number of hydrogen-bond acceptors (Lipinski definition) is 6. The molecule has 3 aromatic carbocycles. The van der Waals surface area contributed by atoms with Gasteiger partial charge >= 0.3 is 0 Å². The molecule has 3 heterocycles. The zero-order valence-corrected chi connectivity index (χ0v) is 22.8. The van der Waals surface area contributed by atoms with E-state index in [4.69, 9.17) is 9.47 Å². The van der Waals surface area contributed by atoms with Gasteiger partial charge in [-0.25, -0.2) is 8.42 Å². The first-order valence-electron chi connectivity index (χ1n) is 13.2. The average Bonchev–Trinajstić information content (AvgIpc) is 3.40. The summed E-state index contributed by atoms with van der Waals surface area (Å²) in [4.78, 5) is 2.71. The van der Waals surface area contributed by atoms with E-state index in [-0.39, 0.29) is 29.7 Å². The van der Waals surface area contributed by atoms with Crippen molar-refractivity contribution in [3.05, 3.63) is 77.4 Å². The molecule has 200 valence electrons. The molecule has 0 saturated carbocycles. The number of rotatable bonds is 5. The number of aliphatic hydroxyl groups excluding tert-OH is 1. The molecular formula is C30H34N2O5S. The van der Waals surface area contributed by atoms with Crippen LogP contribution in [-0.4, -0.2) is 61.8 Å². The Morgan fingerprint density at radius 2 is 1.71 bits per heavy atom. The first-order valence-corrected chi connectivity index (χ1v) is 14.7. The molecule has 0 spiro atoms. The number of hydrogen-bond donors (Lipinski definition) is 1. The number of benzene rings is 3. The molecule has 1 saturated heterocycles. The molecular weight excluding hydrogens is 500 g/mol. The molecule has 0 bridgehead atoms. The van der Waals surface area contributed by atoms with Crippen LogP contribution in [0, 0.1) is 12.8 Å². The van der Waals surface area contributed by atoms with Crippen LogP contribution in [0.2, 0.25) is 0 Å². The second-order valence-corrected chi connectivity index (χ2v) is 12.8. The Balaban J connectivity index is 1.34. The van der Waals surface area contributed by atoms with E-state index in [1.54, 1.807) is 26.1 Å². The molecule has 4 atom stereocenters. The summed E-state index contributed by atoms with van der Waals surface area (Å²) in [5.74, 6) is 1.33. The zero-order chi connectivity index (χ0) is 26.6. The predicted octanol–water partition coefficient (Wildman–Crippen LogP) is 4.38. The molecule has 0 radical (unpaired) electrons. The second-order valence-electron chi connectivity index (χ2n) is 10.8. The van der Waals surface area contributed by atoms with Gasteiger partial charge in [-0.2, -0.15) is 4.31 Å². The van der Waals surface area contributed by atoms with Crippen LogP contribution in [0.25, 0.3) is 11.1 Å². The summed E-state index contributed by atoms with van der Waals surface area (Å²) in [7, 11) is -2.05. The van der Waals surface area contributed by atoms with E-state index < -0.39 is 16.1 Å². The smallest absolute Gasteiger partial charge is 0.243 e. The van der Waals surface area contributed by atoms with E-state index in [1.165, 1.54) is 15.4 Å². The van der Waals surface area contributed by atoms with Crippen molar-refractivity contribution in [2.45, 2.75) is 49.8 Å². The summed E-state index contributed by atoms with van der Waals surface area (Å²) in [5, 5.41) is 10.8. The van der Waals surface area contributed by atoms with Crippen molar-refractivity contribution in [3.8, 4) is 22.6 Å². The largest absolute Gasteiger partial charge is 0.454 e. The van der Waals surface area contributed by atoms with Gasteiger partial charge in [0, 0.05) is 38.1 Å². The SMILES string of the molecule is Cc1ccc(S(=O)(=O)N(C)[C@H]2C[C@H]3c4cc(-c5ccc6c(c5)OCO6)ccc4CCN3C[C@H]2[C@H](C)O)cc1. The van der Waals surface area contributed by atoms with Crippen molar-refractivity contribution in [1.82, 2.24) is 9.21 Å². The van der Waals surface area contributed by atoms with Crippen LogP contribution in [0.1, 0.15) is 36.1 Å². The fourth-order valence-corrected chi connectivity index (χ4v) is 7.65. The normalized spacial score (nSPS) is 23.7. The summed E-state index contributed by atoms with van der Waals surface area (Å²) in [5.41, 5.74) is 5.70. The van der Waals surface area contributed by atoms with Crippen molar-refractivity contribution < 1.29 is 23.0 Å². The van der Waals surface area contributed by atoms with E-state index in [1.807, 2.05) is 37.3 Å². The molecule has 0 aliphatic carbocycles. The maximum absolute atomic E-state index is 13.7. The summed E-state index contributed by atoms with van der Waals surface area (Å²) in [6.45, 7) is 5.50. The highest BCUT2D eigenvalue weighted by atomic mass is 32.2. The lowest BCUT2D eigenvalue weighted by Crippen LogP contribution is -2.56. The van der Waals surface area contributed by atoms with E-state index in [9.17, 15) is 13.5 Å². The Morgan fingerprint density at radius 3 is 2.47 bits per heavy atom. The topological polar surface area (TPSA) is 79.3 Å². The lowest BCUT2D eigenvalue weighted by atomic mass is 9.78. The van der Waals surface area contributed by atoms with E-state index >= 15 is 0 Å². The molecule has 1 N–H and O–H groups in total. The monoisotopic (exact) mass is 534 g/mol. The first-order chi connectivity index (χ1) is 18.2. The summed E-state index contributed by atoms with van der Waals surface area (Å²) in [6.07, 6.45) is 0.925. The van der Waals surface area contributed by atoms with Crippen LogP contribution in [0.5, 0.6) is 11.5 Å². The molecule has 0 amide bonds. The third-order valence-electron chi connectivity index (χ3n) is 8.51. The molecule has 0 unspecified atom stereocenters. The van der Waals surface area contributed by atoms with Crippen molar-refractivity contribution in [1.29, 1.82) is 0 Å². The summed E-state index contributed by atoms with van der Waals surface area (Å²) < 4.78 is 39.9. The molecule has 1 fully saturated rings. The zero-order valence-electron chi connectivity index (χ0n) is 22.0. The molecule has 8 heteroatoms. The number of fused-ring (bicyclic) bond motifs is 4. The molecule has 6 rings (SSSR count). The lowest BCUT2D eigenvalue weighted by Gasteiger charge is -2.50. The lowest BCUT2D eigenvalue weighted by molar-refractivity contribution is -0.00981. The third kappa shape index (κ3) is 4.39. The molecule has 3 aliphatic heterocycles. The van der Waals surface area contributed by atoms with Gasteiger partial charge < -0.3 is 14.6 Å². The van der Waals surface area contributed by atoms with Crippen LogP contribution in [0.4, 0.5) is 0 Å². The number of aliphatic hydroxyl groups is 1. The van der Waals surface area contributed by atoms with Crippen molar-refractivity contribution in [2.75, 3.05) is 26.9 Å². The van der Waals surface area contributed by atoms with Gasteiger partial charge in [-0.3, -0.25) is 4.90 Å². The number of piperidine rings is 1. The Labute approximate surface area is 224 Å². The van der Waals surface area contributed by atoms with E-state index in [0.717, 1.165) is 41.2 Å². The van der Waals surface area contributed by atoms with Crippen molar-refractivity contribution in [3.63, 3.8) is 0 Å². The minimum Gasteiger partial charge on any atom is -0.454 e. The van der Waals surface area contributed by atoms with Gasteiger partial charge in [0.2, 0.25) is 16.8 Å².